The molecule has 166 valence electrons. The number of carbonyl (C=O) groups is 1. The van der Waals surface area contributed by atoms with E-state index in [0.29, 0.717) is 12.6 Å². The number of anilines is 1. The van der Waals surface area contributed by atoms with Crippen LogP contribution < -0.4 is 10.1 Å². The van der Waals surface area contributed by atoms with E-state index in [9.17, 15) is 4.79 Å². The molecule has 0 spiro atoms. The highest BCUT2D eigenvalue weighted by Crippen LogP contribution is 2.41. The van der Waals surface area contributed by atoms with Gasteiger partial charge in [-0.2, -0.15) is 0 Å². The van der Waals surface area contributed by atoms with Crippen LogP contribution in [0.15, 0.2) is 84.3 Å². The smallest absolute Gasteiger partial charge is 0.234 e. The fourth-order valence-electron chi connectivity index (χ4n) is 3.44. The van der Waals surface area contributed by atoms with E-state index in [2.05, 4.69) is 25.1 Å². The van der Waals surface area contributed by atoms with Crippen molar-refractivity contribution in [1.29, 1.82) is 0 Å². The summed E-state index contributed by atoms with van der Waals surface area (Å²) in [6.07, 6.45) is 5.71. The van der Waals surface area contributed by atoms with Crippen LogP contribution in [0.5, 0.6) is 5.75 Å². The fourth-order valence-corrected chi connectivity index (χ4v) is 4.24. The van der Waals surface area contributed by atoms with Crippen molar-refractivity contribution in [3.05, 3.63) is 84.7 Å². The van der Waals surface area contributed by atoms with Gasteiger partial charge < -0.3 is 10.1 Å². The predicted octanol–water partition coefficient (Wildman–Crippen LogP) is 4.98. The Hall–Kier alpha value is -3.65. The second kappa shape index (κ2) is 9.87. The Morgan fingerprint density at radius 2 is 1.76 bits per heavy atom. The van der Waals surface area contributed by atoms with Crippen molar-refractivity contribution in [2.45, 2.75) is 30.6 Å². The zero-order valence-electron chi connectivity index (χ0n) is 17.9. The van der Waals surface area contributed by atoms with Gasteiger partial charge in [0.25, 0.3) is 0 Å². The van der Waals surface area contributed by atoms with Gasteiger partial charge in [0.2, 0.25) is 5.91 Å². The van der Waals surface area contributed by atoms with Gasteiger partial charge in [0.1, 0.15) is 12.4 Å². The highest BCUT2D eigenvalue weighted by atomic mass is 32.2. The van der Waals surface area contributed by atoms with Gasteiger partial charge in [-0.15, -0.1) is 10.2 Å². The Morgan fingerprint density at radius 3 is 2.48 bits per heavy atom. The summed E-state index contributed by atoms with van der Waals surface area (Å²) in [5.41, 5.74) is 2.82. The number of nitrogens with one attached hydrogen (secondary N) is 1. The lowest BCUT2D eigenvalue weighted by atomic mass is 10.2. The molecular weight excluding hydrogens is 434 g/mol. The molecule has 2 aromatic carbocycles. The van der Waals surface area contributed by atoms with Crippen molar-refractivity contribution in [3.63, 3.8) is 0 Å². The standard InChI is InChI=1S/C25H23N5O2S/c31-23(27-20-6-10-22(11-7-20)32-16-18-4-2-1-3-5-18)17-33-25-29-28-24(30(25)21-8-9-21)19-12-14-26-15-13-19/h1-7,10-15,21H,8-9,16-17H2,(H,27,31). The maximum atomic E-state index is 12.5. The average molecular weight is 458 g/mol. The van der Waals surface area contributed by atoms with Crippen molar-refractivity contribution < 1.29 is 9.53 Å². The summed E-state index contributed by atoms with van der Waals surface area (Å²) in [6.45, 7) is 0.506. The summed E-state index contributed by atoms with van der Waals surface area (Å²) in [5, 5.41) is 12.4. The Bertz CT molecular complexity index is 1210. The largest absolute Gasteiger partial charge is 0.489 e. The number of carbonyl (C=O) groups excluding carboxylic acids is 1. The third-order valence-electron chi connectivity index (χ3n) is 5.23. The van der Waals surface area contributed by atoms with E-state index in [1.54, 1.807) is 12.4 Å². The molecule has 1 fully saturated rings. The SMILES string of the molecule is O=C(CSc1nnc(-c2ccncc2)n1C1CC1)Nc1ccc(OCc2ccccc2)cc1. The number of benzene rings is 2. The molecule has 0 unspecified atom stereocenters. The summed E-state index contributed by atoms with van der Waals surface area (Å²) < 4.78 is 7.94. The number of ether oxygens (including phenoxy) is 1. The Morgan fingerprint density at radius 1 is 1.00 bits per heavy atom. The molecule has 0 saturated heterocycles. The maximum absolute atomic E-state index is 12.5. The van der Waals surface area contributed by atoms with E-state index in [-0.39, 0.29) is 11.7 Å². The number of amides is 1. The topological polar surface area (TPSA) is 81.9 Å². The molecular formula is C25H23N5O2S. The monoisotopic (exact) mass is 457 g/mol. The summed E-state index contributed by atoms with van der Waals surface area (Å²) in [4.78, 5) is 16.6. The van der Waals surface area contributed by atoms with E-state index in [1.165, 1.54) is 11.8 Å². The average Bonchev–Trinajstić information content (AvgIpc) is 3.62. The molecule has 0 aliphatic heterocycles. The van der Waals surface area contributed by atoms with Crippen molar-refractivity contribution in [2.75, 3.05) is 11.1 Å². The third kappa shape index (κ3) is 5.40. The van der Waals surface area contributed by atoms with Crippen LogP contribution in [0.1, 0.15) is 24.4 Å². The van der Waals surface area contributed by atoms with Crippen LogP contribution in [0, 0.1) is 0 Å². The highest BCUT2D eigenvalue weighted by Gasteiger charge is 2.30. The van der Waals surface area contributed by atoms with Gasteiger partial charge in [-0.05, 0) is 54.8 Å². The lowest BCUT2D eigenvalue weighted by Gasteiger charge is -2.10. The van der Waals surface area contributed by atoms with Gasteiger partial charge in [0.15, 0.2) is 11.0 Å². The number of thioether (sulfide) groups is 1. The molecule has 8 heteroatoms. The van der Waals surface area contributed by atoms with Gasteiger partial charge in [-0.3, -0.25) is 14.3 Å². The second-order valence-corrected chi connectivity index (χ2v) is 8.72. The molecule has 0 radical (unpaired) electrons. The molecule has 0 atom stereocenters. The van der Waals surface area contributed by atoms with E-state index in [1.807, 2.05) is 66.7 Å². The number of aromatic nitrogens is 4. The molecule has 1 N–H and O–H groups in total. The molecule has 2 heterocycles. The van der Waals surface area contributed by atoms with Crippen molar-refractivity contribution in [3.8, 4) is 17.1 Å². The molecule has 5 rings (SSSR count). The molecule has 0 bridgehead atoms. The van der Waals surface area contributed by atoms with Gasteiger partial charge in [-0.1, -0.05) is 42.1 Å². The first kappa shape index (κ1) is 21.2. The van der Waals surface area contributed by atoms with Gasteiger partial charge in [0, 0.05) is 29.7 Å². The molecule has 1 aliphatic rings. The first-order valence-electron chi connectivity index (χ1n) is 10.8. The minimum Gasteiger partial charge on any atom is -0.489 e. The number of rotatable bonds is 9. The molecule has 1 saturated carbocycles. The number of hydrogen-bond acceptors (Lipinski definition) is 6. The van der Waals surface area contributed by atoms with Crippen LogP contribution in [0.3, 0.4) is 0 Å². The lowest BCUT2D eigenvalue weighted by molar-refractivity contribution is -0.113. The van der Waals surface area contributed by atoms with E-state index in [0.717, 1.165) is 46.4 Å². The third-order valence-corrected chi connectivity index (χ3v) is 6.18. The molecule has 7 nitrogen and oxygen atoms in total. The van der Waals surface area contributed by atoms with Crippen LogP contribution >= 0.6 is 11.8 Å². The first-order chi connectivity index (χ1) is 16.3. The number of pyridine rings is 1. The molecule has 1 amide bonds. The second-order valence-electron chi connectivity index (χ2n) is 7.78. The van der Waals surface area contributed by atoms with Crippen molar-refractivity contribution in [2.24, 2.45) is 0 Å². The van der Waals surface area contributed by atoms with Crippen LogP contribution in [-0.2, 0) is 11.4 Å². The van der Waals surface area contributed by atoms with Crippen LogP contribution in [0.25, 0.3) is 11.4 Å². The molecule has 1 aliphatic carbocycles. The fraction of sp³-hybridized carbons (Fsp3) is 0.200. The van der Waals surface area contributed by atoms with Gasteiger partial charge >= 0.3 is 0 Å². The molecule has 2 aromatic heterocycles. The molecule has 33 heavy (non-hydrogen) atoms. The summed E-state index contributed by atoms with van der Waals surface area (Å²) >= 11 is 1.40. The van der Waals surface area contributed by atoms with Crippen LogP contribution in [0.4, 0.5) is 5.69 Å². The minimum absolute atomic E-state index is 0.0891. The quantitative estimate of drug-likeness (QED) is 0.357. The number of nitrogens with zero attached hydrogens (tertiary/aromatic N) is 4. The van der Waals surface area contributed by atoms with Gasteiger partial charge in [0.05, 0.1) is 5.75 Å². The summed E-state index contributed by atoms with van der Waals surface area (Å²) in [7, 11) is 0. The van der Waals surface area contributed by atoms with E-state index < -0.39 is 0 Å². The van der Waals surface area contributed by atoms with Gasteiger partial charge in [-0.25, -0.2) is 0 Å². The normalized spacial score (nSPS) is 13.0. The first-order valence-corrected chi connectivity index (χ1v) is 11.8. The lowest BCUT2D eigenvalue weighted by Crippen LogP contribution is -2.14. The minimum atomic E-state index is -0.0891. The summed E-state index contributed by atoms with van der Waals surface area (Å²) in [5.74, 6) is 1.75. The highest BCUT2D eigenvalue weighted by molar-refractivity contribution is 7.99. The van der Waals surface area contributed by atoms with Crippen molar-refractivity contribution >= 4 is 23.4 Å². The van der Waals surface area contributed by atoms with Crippen molar-refractivity contribution in [1.82, 2.24) is 19.7 Å². The zero-order chi connectivity index (χ0) is 22.5. The Kier molecular flexibility index (Phi) is 6.34. The van der Waals surface area contributed by atoms with Crippen LogP contribution in [-0.4, -0.2) is 31.4 Å². The van der Waals surface area contributed by atoms with Crippen LogP contribution in [0.2, 0.25) is 0 Å². The van der Waals surface area contributed by atoms with E-state index >= 15 is 0 Å². The predicted molar refractivity (Wildman–Crippen MR) is 128 cm³/mol. The molecule has 4 aromatic rings. The zero-order valence-corrected chi connectivity index (χ0v) is 18.7. The maximum Gasteiger partial charge on any atom is 0.234 e. The van der Waals surface area contributed by atoms with E-state index in [4.69, 9.17) is 4.74 Å². The Balaban J connectivity index is 1.16. The number of hydrogen-bond donors (Lipinski definition) is 1. The summed E-state index contributed by atoms with van der Waals surface area (Å²) in [6, 6.07) is 21.7. The Labute approximate surface area is 196 Å².